The van der Waals surface area contributed by atoms with Crippen molar-refractivity contribution in [2.45, 2.75) is 76.3 Å². The number of hydrogen-bond acceptors (Lipinski definition) is 2. The largest absolute Gasteiger partial charge is 0.342 e. The number of nitrogens with one attached hydrogen (secondary N) is 1. The van der Waals surface area contributed by atoms with E-state index in [0.717, 1.165) is 44.4 Å². The van der Waals surface area contributed by atoms with Crippen molar-refractivity contribution >= 4 is 11.8 Å². The van der Waals surface area contributed by atoms with Crippen LogP contribution in [-0.4, -0.2) is 34.8 Å². The van der Waals surface area contributed by atoms with Crippen molar-refractivity contribution < 1.29 is 9.59 Å². The first-order chi connectivity index (χ1) is 9.64. The zero-order valence-corrected chi connectivity index (χ0v) is 12.5. The molecule has 3 aliphatic rings. The summed E-state index contributed by atoms with van der Waals surface area (Å²) in [5.74, 6) is 1.08. The number of hydrogen-bond donors (Lipinski definition) is 1. The van der Waals surface area contributed by atoms with Crippen LogP contribution in [0.3, 0.4) is 0 Å². The van der Waals surface area contributed by atoms with Crippen LogP contribution >= 0.6 is 0 Å². The first-order valence-corrected chi connectivity index (χ1v) is 8.27. The van der Waals surface area contributed by atoms with Gasteiger partial charge in [0.1, 0.15) is 5.54 Å². The molecule has 1 spiro atoms. The average Bonchev–Trinajstić information content (AvgIpc) is 3.15. The lowest BCUT2D eigenvalue weighted by molar-refractivity contribution is -0.141. The van der Waals surface area contributed by atoms with Crippen LogP contribution in [0, 0.1) is 5.92 Å². The summed E-state index contributed by atoms with van der Waals surface area (Å²) in [6, 6.07) is 0.333. The fourth-order valence-corrected chi connectivity index (χ4v) is 3.90. The molecule has 4 nitrogen and oxygen atoms in total. The Bertz CT molecular complexity index is 397. The molecule has 0 aromatic rings. The molecule has 0 aromatic carbocycles. The van der Waals surface area contributed by atoms with Gasteiger partial charge in [-0.3, -0.25) is 9.59 Å². The zero-order chi connectivity index (χ0) is 14.2. The van der Waals surface area contributed by atoms with Crippen molar-refractivity contribution in [1.82, 2.24) is 10.2 Å². The predicted octanol–water partition coefficient (Wildman–Crippen LogP) is 2.23. The molecular weight excluding hydrogens is 252 g/mol. The quantitative estimate of drug-likeness (QED) is 0.857. The smallest absolute Gasteiger partial charge is 0.248 e. The maximum absolute atomic E-state index is 13.0. The van der Waals surface area contributed by atoms with Gasteiger partial charge in [-0.1, -0.05) is 32.6 Å². The van der Waals surface area contributed by atoms with Crippen molar-refractivity contribution in [2.24, 2.45) is 5.92 Å². The lowest BCUT2D eigenvalue weighted by Crippen LogP contribution is -2.57. The fourth-order valence-electron chi connectivity index (χ4n) is 3.90. The van der Waals surface area contributed by atoms with Crippen molar-refractivity contribution in [1.29, 1.82) is 0 Å². The second-order valence-electron chi connectivity index (χ2n) is 6.83. The van der Waals surface area contributed by atoms with Crippen LogP contribution in [0.25, 0.3) is 0 Å². The minimum atomic E-state index is -0.565. The molecular formula is C16H26N2O2. The van der Waals surface area contributed by atoms with Gasteiger partial charge in [-0.15, -0.1) is 0 Å². The van der Waals surface area contributed by atoms with E-state index in [-0.39, 0.29) is 11.8 Å². The Kier molecular flexibility index (Phi) is 3.74. The first kappa shape index (κ1) is 13.9. The molecule has 2 saturated carbocycles. The third kappa shape index (κ3) is 2.57. The summed E-state index contributed by atoms with van der Waals surface area (Å²) in [6.07, 6.45) is 9.01. The van der Waals surface area contributed by atoms with Crippen LogP contribution < -0.4 is 5.32 Å². The summed E-state index contributed by atoms with van der Waals surface area (Å²) < 4.78 is 0. The highest BCUT2D eigenvalue weighted by Gasteiger charge is 2.47. The normalized spacial score (nSPS) is 27.6. The molecule has 3 fully saturated rings. The van der Waals surface area contributed by atoms with Gasteiger partial charge in [0.25, 0.3) is 0 Å². The van der Waals surface area contributed by atoms with Gasteiger partial charge in [-0.25, -0.2) is 0 Å². The van der Waals surface area contributed by atoms with Crippen molar-refractivity contribution in [2.75, 3.05) is 6.54 Å². The summed E-state index contributed by atoms with van der Waals surface area (Å²) in [4.78, 5) is 27.1. The second kappa shape index (κ2) is 5.38. The van der Waals surface area contributed by atoms with Crippen LogP contribution in [0.4, 0.5) is 0 Å². The lowest BCUT2D eigenvalue weighted by atomic mass is 9.94. The van der Waals surface area contributed by atoms with Crippen molar-refractivity contribution in [3.63, 3.8) is 0 Å². The summed E-state index contributed by atoms with van der Waals surface area (Å²) in [7, 11) is 0. The summed E-state index contributed by atoms with van der Waals surface area (Å²) in [5.41, 5.74) is -0.565. The minimum absolute atomic E-state index is 0.0593. The van der Waals surface area contributed by atoms with E-state index in [1.165, 1.54) is 12.8 Å². The molecule has 0 radical (unpaired) electrons. The highest BCUT2D eigenvalue weighted by molar-refractivity contribution is 5.94. The maximum Gasteiger partial charge on any atom is 0.248 e. The van der Waals surface area contributed by atoms with Gasteiger partial charge >= 0.3 is 0 Å². The standard InChI is InChI=1S/C16H26N2O2/c1-2-13(11-12-5-6-12)18-10-7-14(19)17-16(15(18)20)8-3-4-9-16/h12-13H,2-11H2,1H3,(H,17,19). The van der Waals surface area contributed by atoms with Gasteiger partial charge in [0.2, 0.25) is 11.8 Å². The topological polar surface area (TPSA) is 49.4 Å². The summed E-state index contributed by atoms with van der Waals surface area (Å²) in [5, 5.41) is 3.05. The third-order valence-electron chi connectivity index (χ3n) is 5.30. The highest BCUT2D eigenvalue weighted by atomic mass is 16.2. The Morgan fingerprint density at radius 2 is 2.00 bits per heavy atom. The zero-order valence-electron chi connectivity index (χ0n) is 12.5. The van der Waals surface area contributed by atoms with E-state index in [1.807, 2.05) is 4.90 Å². The molecule has 1 saturated heterocycles. The van der Waals surface area contributed by atoms with Crippen molar-refractivity contribution in [3.05, 3.63) is 0 Å². The van der Waals surface area contributed by atoms with Crippen LogP contribution in [0.15, 0.2) is 0 Å². The molecule has 1 unspecified atom stereocenters. The van der Waals surface area contributed by atoms with Crippen LogP contribution in [-0.2, 0) is 9.59 Å². The molecule has 1 aliphatic heterocycles. The van der Waals surface area contributed by atoms with E-state index in [9.17, 15) is 9.59 Å². The number of nitrogens with zero attached hydrogens (tertiary/aromatic N) is 1. The van der Waals surface area contributed by atoms with E-state index in [2.05, 4.69) is 12.2 Å². The van der Waals surface area contributed by atoms with E-state index in [4.69, 9.17) is 0 Å². The minimum Gasteiger partial charge on any atom is -0.342 e. The Morgan fingerprint density at radius 3 is 2.60 bits per heavy atom. The van der Waals surface area contributed by atoms with Crippen LogP contribution in [0.1, 0.15) is 64.7 Å². The van der Waals surface area contributed by atoms with Gasteiger partial charge in [0.15, 0.2) is 0 Å². The molecule has 2 amide bonds. The molecule has 2 aliphatic carbocycles. The molecule has 0 bridgehead atoms. The van der Waals surface area contributed by atoms with Gasteiger partial charge in [0, 0.05) is 19.0 Å². The monoisotopic (exact) mass is 278 g/mol. The predicted molar refractivity (Wildman–Crippen MR) is 77.1 cm³/mol. The van der Waals surface area contributed by atoms with Gasteiger partial charge < -0.3 is 10.2 Å². The molecule has 4 heteroatoms. The Labute approximate surface area is 121 Å². The van der Waals surface area contributed by atoms with Crippen LogP contribution in [0.5, 0.6) is 0 Å². The van der Waals surface area contributed by atoms with E-state index in [0.29, 0.717) is 19.0 Å². The maximum atomic E-state index is 13.0. The molecule has 20 heavy (non-hydrogen) atoms. The Hall–Kier alpha value is -1.06. The second-order valence-corrected chi connectivity index (χ2v) is 6.83. The Balaban J connectivity index is 1.80. The molecule has 3 rings (SSSR count). The van der Waals surface area contributed by atoms with Gasteiger partial charge in [-0.2, -0.15) is 0 Å². The number of carbonyl (C=O) groups is 2. The molecule has 0 aromatic heterocycles. The Morgan fingerprint density at radius 1 is 1.30 bits per heavy atom. The fraction of sp³-hybridized carbons (Fsp3) is 0.875. The number of carbonyl (C=O) groups excluding carboxylic acids is 2. The van der Waals surface area contributed by atoms with Crippen LogP contribution in [0.2, 0.25) is 0 Å². The SMILES string of the molecule is CCC(CC1CC1)N1CCC(=O)NC2(CCCC2)C1=O. The van der Waals surface area contributed by atoms with E-state index in [1.54, 1.807) is 0 Å². The van der Waals surface area contributed by atoms with Crippen molar-refractivity contribution in [3.8, 4) is 0 Å². The summed E-state index contributed by atoms with van der Waals surface area (Å²) in [6.45, 7) is 2.78. The average molecular weight is 278 g/mol. The molecule has 1 N–H and O–H groups in total. The van der Waals surface area contributed by atoms with Gasteiger partial charge in [0.05, 0.1) is 0 Å². The number of rotatable bonds is 4. The number of amides is 2. The first-order valence-electron chi connectivity index (χ1n) is 8.27. The molecule has 1 atom stereocenters. The van der Waals surface area contributed by atoms with E-state index < -0.39 is 5.54 Å². The highest BCUT2D eigenvalue weighted by Crippen LogP contribution is 2.38. The van der Waals surface area contributed by atoms with E-state index >= 15 is 0 Å². The summed E-state index contributed by atoms with van der Waals surface area (Å²) >= 11 is 0. The lowest BCUT2D eigenvalue weighted by Gasteiger charge is -2.36. The molecule has 112 valence electrons. The third-order valence-corrected chi connectivity index (χ3v) is 5.30. The van der Waals surface area contributed by atoms with Gasteiger partial charge in [-0.05, 0) is 31.6 Å². The molecule has 1 heterocycles.